The van der Waals surface area contributed by atoms with Crippen molar-refractivity contribution in [2.75, 3.05) is 13.2 Å². The standard InChI is InChI=1S/C44H50O10/c1-41(2,49)37(45)31-17-9-27(10-18-31)35(28-11-19-32(20-12-28)38(46)42(3,4)50)53-25-26-54-36(29-13-21-33(22-14-29)39(47)43(5,6)51)30-15-23-34(24-16-30)40(48)44(7,8)52/h9-24,35-36,49-52H,25-26H2,1-8H3. The Morgan fingerprint density at radius 1 is 0.389 bits per heavy atom. The molecule has 0 aromatic heterocycles. The fourth-order valence-corrected chi connectivity index (χ4v) is 5.75. The topological polar surface area (TPSA) is 168 Å². The Kier molecular flexibility index (Phi) is 12.7. The number of carbonyl (C=O) groups is 4. The summed E-state index contributed by atoms with van der Waals surface area (Å²) in [6.45, 7) is 11.6. The van der Waals surface area contributed by atoms with Gasteiger partial charge in [-0.05, 0) is 77.6 Å². The van der Waals surface area contributed by atoms with Gasteiger partial charge in [-0.15, -0.1) is 0 Å². The number of hydrogen-bond acceptors (Lipinski definition) is 10. The molecule has 0 fully saturated rings. The third-order valence-corrected chi connectivity index (χ3v) is 8.78. The molecule has 0 heterocycles. The summed E-state index contributed by atoms with van der Waals surface area (Å²) >= 11 is 0. The minimum absolute atomic E-state index is 0.0837. The number of ketones is 4. The molecule has 0 saturated carbocycles. The van der Waals surface area contributed by atoms with Crippen LogP contribution in [0, 0.1) is 0 Å². The van der Waals surface area contributed by atoms with Gasteiger partial charge in [0.25, 0.3) is 0 Å². The molecule has 10 nitrogen and oxygen atoms in total. The Morgan fingerprint density at radius 2 is 0.556 bits per heavy atom. The molecule has 0 aliphatic rings. The van der Waals surface area contributed by atoms with Gasteiger partial charge in [0.1, 0.15) is 34.6 Å². The molecule has 0 radical (unpaired) electrons. The fourth-order valence-electron chi connectivity index (χ4n) is 5.75. The minimum atomic E-state index is -1.55. The molecule has 4 aromatic carbocycles. The van der Waals surface area contributed by atoms with E-state index < -0.39 is 57.7 Å². The van der Waals surface area contributed by atoms with Crippen LogP contribution in [0.2, 0.25) is 0 Å². The lowest BCUT2D eigenvalue weighted by Gasteiger charge is -2.23. The molecule has 0 bridgehead atoms. The van der Waals surface area contributed by atoms with Crippen molar-refractivity contribution in [2.45, 2.75) is 90.0 Å². The van der Waals surface area contributed by atoms with Crippen molar-refractivity contribution < 1.29 is 49.1 Å². The lowest BCUT2D eigenvalue weighted by molar-refractivity contribution is -0.000934. The normalized spacial score (nSPS) is 12.6. The van der Waals surface area contributed by atoms with E-state index in [2.05, 4.69) is 0 Å². The van der Waals surface area contributed by atoms with Crippen LogP contribution in [-0.2, 0) is 9.47 Å². The third-order valence-electron chi connectivity index (χ3n) is 8.78. The van der Waals surface area contributed by atoms with Gasteiger partial charge in [-0.2, -0.15) is 0 Å². The van der Waals surface area contributed by atoms with Gasteiger partial charge >= 0.3 is 0 Å². The van der Waals surface area contributed by atoms with E-state index in [1.807, 2.05) is 0 Å². The molecular formula is C44H50O10. The summed E-state index contributed by atoms with van der Waals surface area (Å²) in [5.41, 5.74) is -2.12. The van der Waals surface area contributed by atoms with Crippen LogP contribution in [-0.4, -0.2) is 79.2 Å². The van der Waals surface area contributed by atoms with Gasteiger partial charge in [0.2, 0.25) is 0 Å². The maximum atomic E-state index is 12.7. The van der Waals surface area contributed by atoms with Gasteiger partial charge < -0.3 is 29.9 Å². The molecule has 0 unspecified atom stereocenters. The van der Waals surface area contributed by atoms with E-state index in [1.54, 1.807) is 97.1 Å². The quantitative estimate of drug-likeness (QED) is 0.0702. The summed E-state index contributed by atoms with van der Waals surface area (Å²) in [4.78, 5) is 50.8. The molecule has 0 amide bonds. The lowest BCUT2D eigenvalue weighted by atomic mass is 9.92. The number of rotatable bonds is 17. The van der Waals surface area contributed by atoms with E-state index in [9.17, 15) is 39.6 Å². The van der Waals surface area contributed by atoms with Crippen LogP contribution >= 0.6 is 0 Å². The predicted molar refractivity (Wildman–Crippen MR) is 204 cm³/mol. The van der Waals surface area contributed by atoms with Crippen LogP contribution in [0.15, 0.2) is 97.1 Å². The second kappa shape index (κ2) is 16.4. The zero-order chi connectivity index (χ0) is 40.2. The van der Waals surface area contributed by atoms with Crippen molar-refractivity contribution in [3.05, 3.63) is 142 Å². The molecule has 286 valence electrons. The first-order valence-electron chi connectivity index (χ1n) is 17.7. The summed E-state index contributed by atoms with van der Waals surface area (Å²) in [5.74, 6) is -1.74. The van der Waals surface area contributed by atoms with Crippen LogP contribution in [0.1, 0.15) is 131 Å². The zero-order valence-corrected chi connectivity index (χ0v) is 32.0. The van der Waals surface area contributed by atoms with E-state index in [-0.39, 0.29) is 13.2 Å². The van der Waals surface area contributed by atoms with Gasteiger partial charge in [0.05, 0.1) is 13.2 Å². The third kappa shape index (κ3) is 10.5. The average molecular weight is 739 g/mol. The molecule has 10 heteroatoms. The number of Topliss-reactive ketones (excluding diaryl/α,β-unsaturated/α-hetero) is 4. The molecular weight excluding hydrogens is 688 g/mol. The van der Waals surface area contributed by atoms with Crippen molar-refractivity contribution in [3.63, 3.8) is 0 Å². The van der Waals surface area contributed by atoms with Gasteiger partial charge in [-0.25, -0.2) is 0 Å². The molecule has 0 aliphatic heterocycles. The van der Waals surface area contributed by atoms with E-state index in [1.165, 1.54) is 55.4 Å². The molecule has 4 N–H and O–H groups in total. The van der Waals surface area contributed by atoms with E-state index >= 15 is 0 Å². The Labute approximate surface area is 316 Å². The molecule has 0 atom stereocenters. The van der Waals surface area contributed by atoms with Crippen molar-refractivity contribution in [2.24, 2.45) is 0 Å². The number of aliphatic hydroxyl groups is 4. The van der Waals surface area contributed by atoms with Crippen molar-refractivity contribution >= 4 is 23.1 Å². The maximum absolute atomic E-state index is 12.7. The largest absolute Gasteiger partial charge is 0.382 e. The predicted octanol–water partition coefficient (Wildman–Crippen LogP) is 6.41. The molecule has 54 heavy (non-hydrogen) atoms. The van der Waals surface area contributed by atoms with Crippen molar-refractivity contribution in [1.29, 1.82) is 0 Å². The summed E-state index contributed by atoms with van der Waals surface area (Å²) in [6, 6.07) is 26.8. The number of benzene rings is 4. The smallest absolute Gasteiger partial charge is 0.193 e. The highest BCUT2D eigenvalue weighted by Gasteiger charge is 2.29. The van der Waals surface area contributed by atoms with E-state index in [0.29, 0.717) is 44.5 Å². The molecule has 4 rings (SSSR count). The zero-order valence-electron chi connectivity index (χ0n) is 32.0. The van der Waals surface area contributed by atoms with Crippen molar-refractivity contribution in [1.82, 2.24) is 0 Å². The highest BCUT2D eigenvalue weighted by atomic mass is 16.5. The Balaban J connectivity index is 1.62. The van der Waals surface area contributed by atoms with Crippen LogP contribution in [0.5, 0.6) is 0 Å². The highest BCUT2D eigenvalue weighted by molar-refractivity contribution is 6.03. The monoisotopic (exact) mass is 738 g/mol. The second-order valence-corrected chi connectivity index (χ2v) is 15.5. The Morgan fingerprint density at radius 3 is 0.704 bits per heavy atom. The highest BCUT2D eigenvalue weighted by Crippen LogP contribution is 2.31. The Hall–Kier alpha value is -4.68. The summed E-state index contributed by atoms with van der Waals surface area (Å²) < 4.78 is 12.8. The first-order chi connectivity index (χ1) is 25.0. The van der Waals surface area contributed by atoms with Crippen molar-refractivity contribution in [3.8, 4) is 0 Å². The Bertz CT molecular complexity index is 1650. The number of hydrogen-bond donors (Lipinski definition) is 4. The van der Waals surface area contributed by atoms with Gasteiger partial charge in [-0.1, -0.05) is 97.1 Å². The van der Waals surface area contributed by atoms with Crippen LogP contribution in [0.25, 0.3) is 0 Å². The molecule has 4 aromatic rings. The average Bonchev–Trinajstić information content (AvgIpc) is 3.11. The molecule has 0 saturated heterocycles. The lowest BCUT2D eigenvalue weighted by Crippen LogP contribution is -2.31. The molecule has 0 aliphatic carbocycles. The number of ether oxygens (including phenoxy) is 2. The second-order valence-electron chi connectivity index (χ2n) is 15.5. The SMILES string of the molecule is CC(C)(O)C(=O)c1ccc(C(OCCOC(c2ccc(C(=O)C(C)(C)O)cc2)c2ccc(C(=O)C(C)(C)O)cc2)c2ccc(C(=O)C(C)(C)O)cc2)cc1. The first-order valence-corrected chi connectivity index (χ1v) is 17.7. The fraction of sp³-hybridized carbons (Fsp3) is 0.364. The van der Waals surface area contributed by atoms with Gasteiger partial charge in [-0.3, -0.25) is 19.2 Å². The van der Waals surface area contributed by atoms with Crippen LogP contribution in [0.3, 0.4) is 0 Å². The van der Waals surface area contributed by atoms with Crippen LogP contribution < -0.4 is 0 Å². The van der Waals surface area contributed by atoms with E-state index in [4.69, 9.17) is 9.47 Å². The summed E-state index contributed by atoms with van der Waals surface area (Å²) in [5, 5.41) is 40.9. The molecule has 0 spiro atoms. The van der Waals surface area contributed by atoms with Gasteiger partial charge in [0.15, 0.2) is 23.1 Å². The van der Waals surface area contributed by atoms with Gasteiger partial charge in [0, 0.05) is 22.3 Å². The number of carbonyl (C=O) groups excluding carboxylic acids is 4. The van der Waals surface area contributed by atoms with E-state index in [0.717, 1.165) is 0 Å². The summed E-state index contributed by atoms with van der Waals surface area (Å²) in [6.07, 6.45) is -1.33. The maximum Gasteiger partial charge on any atom is 0.193 e. The first kappa shape index (κ1) is 42.1. The van der Waals surface area contributed by atoms with Crippen LogP contribution in [0.4, 0.5) is 0 Å². The summed E-state index contributed by atoms with van der Waals surface area (Å²) in [7, 11) is 0. The minimum Gasteiger partial charge on any atom is -0.382 e.